The van der Waals surface area contributed by atoms with E-state index in [1.54, 1.807) is 12.1 Å². The summed E-state index contributed by atoms with van der Waals surface area (Å²) in [5.41, 5.74) is 0.814. The van der Waals surface area contributed by atoms with Gasteiger partial charge in [0.25, 0.3) is 0 Å². The van der Waals surface area contributed by atoms with Crippen LogP contribution in [0.25, 0.3) is 0 Å². The van der Waals surface area contributed by atoms with Crippen LogP contribution in [0.15, 0.2) is 29.3 Å². The van der Waals surface area contributed by atoms with Gasteiger partial charge in [-0.15, -0.1) is 0 Å². The summed E-state index contributed by atoms with van der Waals surface area (Å²) in [4.78, 5) is 6.82. The molecule has 0 amide bonds. The van der Waals surface area contributed by atoms with Gasteiger partial charge in [0, 0.05) is 31.7 Å². The highest BCUT2D eigenvalue weighted by Crippen LogP contribution is 2.38. The lowest BCUT2D eigenvalue weighted by atomic mass is 9.87. The number of aliphatic hydroxyl groups is 1. The van der Waals surface area contributed by atoms with Crippen molar-refractivity contribution < 1.29 is 14.2 Å². The van der Waals surface area contributed by atoms with E-state index in [2.05, 4.69) is 15.2 Å². The molecule has 2 unspecified atom stereocenters. The molecule has 2 N–H and O–H groups in total. The van der Waals surface area contributed by atoms with Crippen molar-refractivity contribution in [2.75, 3.05) is 39.4 Å². The minimum absolute atomic E-state index is 0.214. The highest BCUT2D eigenvalue weighted by Gasteiger charge is 2.42. The lowest BCUT2D eigenvalue weighted by Gasteiger charge is -2.25. The number of likely N-dealkylation sites (tertiary alicyclic amines) is 1. The van der Waals surface area contributed by atoms with Gasteiger partial charge in [-0.1, -0.05) is 12.1 Å². The van der Waals surface area contributed by atoms with Gasteiger partial charge >= 0.3 is 0 Å². The topological polar surface area (TPSA) is 57.1 Å². The Morgan fingerprint density at radius 1 is 1.50 bits per heavy atom. The first-order valence-corrected chi connectivity index (χ1v) is 8.66. The Morgan fingerprint density at radius 2 is 2.38 bits per heavy atom. The van der Waals surface area contributed by atoms with Gasteiger partial charge in [0.2, 0.25) is 0 Å². The van der Waals surface area contributed by atoms with E-state index in [4.69, 9.17) is 4.74 Å². The molecular formula is C18H26FN3O2. The maximum Gasteiger partial charge on any atom is 0.194 e. The molecule has 2 fully saturated rings. The maximum absolute atomic E-state index is 13.3. The molecule has 1 spiro atoms. The van der Waals surface area contributed by atoms with Crippen molar-refractivity contribution in [2.45, 2.75) is 25.9 Å². The Balaban J connectivity index is 1.65. The van der Waals surface area contributed by atoms with Crippen molar-refractivity contribution in [3.63, 3.8) is 0 Å². The number of guanidine groups is 1. The molecule has 2 heterocycles. The highest BCUT2D eigenvalue weighted by molar-refractivity contribution is 5.80. The van der Waals surface area contributed by atoms with Crippen molar-refractivity contribution in [2.24, 2.45) is 10.4 Å². The van der Waals surface area contributed by atoms with E-state index in [-0.39, 0.29) is 17.8 Å². The summed E-state index contributed by atoms with van der Waals surface area (Å²) in [6, 6.07) is 6.05. The Bertz CT molecular complexity index is 587. The minimum Gasteiger partial charge on any atom is -0.386 e. The summed E-state index contributed by atoms with van der Waals surface area (Å²) in [5.74, 6) is 0.474. The van der Waals surface area contributed by atoms with Crippen LogP contribution in [0.2, 0.25) is 0 Å². The van der Waals surface area contributed by atoms with E-state index in [0.717, 1.165) is 51.6 Å². The van der Waals surface area contributed by atoms with Gasteiger partial charge in [-0.3, -0.25) is 4.99 Å². The third-order valence-electron chi connectivity index (χ3n) is 4.91. The van der Waals surface area contributed by atoms with E-state index in [1.165, 1.54) is 12.1 Å². The van der Waals surface area contributed by atoms with Crippen LogP contribution in [-0.2, 0) is 4.74 Å². The zero-order valence-corrected chi connectivity index (χ0v) is 14.2. The van der Waals surface area contributed by atoms with Crippen LogP contribution in [0.5, 0.6) is 0 Å². The first-order valence-electron chi connectivity index (χ1n) is 8.66. The first kappa shape index (κ1) is 17.2. The first-order chi connectivity index (χ1) is 11.6. The van der Waals surface area contributed by atoms with Crippen molar-refractivity contribution in [3.05, 3.63) is 35.6 Å². The zero-order valence-electron chi connectivity index (χ0n) is 14.2. The standard InChI is InChI=1S/C18H26FN3O2/c1-2-20-17(22-8-6-18(12-22)7-9-24-13-18)21-11-16(23)14-4-3-5-15(19)10-14/h3-5,10,16,23H,2,6-9,11-13H2,1H3,(H,20,21). The molecule has 0 bridgehead atoms. The number of nitrogens with one attached hydrogen (secondary N) is 1. The molecule has 1 aromatic rings. The Kier molecular flexibility index (Phi) is 5.36. The fourth-order valence-corrected chi connectivity index (χ4v) is 3.51. The number of halogens is 1. The lowest BCUT2D eigenvalue weighted by molar-refractivity contribution is 0.156. The molecule has 0 aromatic heterocycles. The van der Waals surface area contributed by atoms with Gasteiger partial charge in [0.05, 0.1) is 19.3 Å². The summed E-state index contributed by atoms with van der Waals surface area (Å²) in [6.45, 7) is 6.58. The fraction of sp³-hybridized carbons (Fsp3) is 0.611. The van der Waals surface area contributed by atoms with Crippen LogP contribution in [0, 0.1) is 11.2 Å². The third-order valence-corrected chi connectivity index (χ3v) is 4.91. The normalized spacial score (nSPS) is 25.5. The molecule has 3 rings (SSSR count). The number of hydrogen-bond acceptors (Lipinski definition) is 3. The molecule has 2 atom stereocenters. The van der Waals surface area contributed by atoms with Crippen LogP contribution in [0.3, 0.4) is 0 Å². The van der Waals surface area contributed by atoms with Crippen LogP contribution >= 0.6 is 0 Å². The largest absolute Gasteiger partial charge is 0.386 e. The van der Waals surface area contributed by atoms with Crippen molar-refractivity contribution >= 4 is 5.96 Å². The Morgan fingerprint density at radius 3 is 3.08 bits per heavy atom. The summed E-state index contributed by atoms with van der Waals surface area (Å²) < 4.78 is 18.9. The van der Waals surface area contributed by atoms with E-state index in [0.29, 0.717) is 5.56 Å². The predicted octanol–water partition coefficient (Wildman–Crippen LogP) is 1.94. The third kappa shape index (κ3) is 3.87. The molecular weight excluding hydrogens is 309 g/mol. The number of aliphatic hydroxyl groups excluding tert-OH is 1. The molecule has 24 heavy (non-hydrogen) atoms. The monoisotopic (exact) mass is 335 g/mol. The van der Waals surface area contributed by atoms with Crippen LogP contribution in [0.1, 0.15) is 31.4 Å². The zero-order chi connectivity index (χ0) is 17.0. The molecule has 2 saturated heterocycles. The number of ether oxygens (including phenoxy) is 1. The molecule has 0 aliphatic carbocycles. The number of hydrogen-bond donors (Lipinski definition) is 2. The van der Waals surface area contributed by atoms with E-state index in [1.807, 2.05) is 6.92 Å². The number of rotatable bonds is 4. The molecule has 2 aliphatic rings. The van der Waals surface area contributed by atoms with Gasteiger partial charge in [-0.25, -0.2) is 4.39 Å². The van der Waals surface area contributed by atoms with Gasteiger partial charge in [-0.05, 0) is 37.5 Å². The minimum atomic E-state index is -0.805. The summed E-state index contributed by atoms with van der Waals surface area (Å²) >= 11 is 0. The number of aliphatic imine (C=N–C) groups is 1. The van der Waals surface area contributed by atoms with Crippen molar-refractivity contribution in [3.8, 4) is 0 Å². The van der Waals surface area contributed by atoms with Gasteiger partial charge in [0.1, 0.15) is 5.82 Å². The van der Waals surface area contributed by atoms with Crippen molar-refractivity contribution in [1.29, 1.82) is 0 Å². The molecule has 2 aliphatic heterocycles. The average molecular weight is 335 g/mol. The predicted molar refractivity (Wildman–Crippen MR) is 91.4 cm³/mol. The SMILES string of the molecule is CCNC(=NCC(O)c1cccc(F)c1)N1CCC2(CCOC2)C1. The molecule has 0 saturated carbocycles. The summed E-state index contributed by atoms with van der Waals surface area (Å²) in [6.07, 6.45) is 1.42. The number of benzene rings is 1. The van der Waals surface area contributed by atoms with Crippen LogP contribution < -0.4 is 5.32 Å². The quantitative estimate of drug-likeness (QED) is 0.652. The summed E-state index contributed by atoms with van der Waals surface area (Å²) in [7, 11) is 0. The van der Waals surface area contributed by atoms with Crippen LogP contribution in [-0.4, -0.2) is 55.4 Å². The second-order valence-corrected chi connectivity index (χ2v) is 6.74. The van der Waals surface area contributed by atoms with E-state index in [9.17, 15) is 9.50 Å². The van der Waals surface area contributed by atoms with Crippen molar-refractivity contribution in [1.82, 2.24) is 10.2 Å². The second-order valence-electron chi connectivity index (χ2n) is 6.74. The molecule has 1 aromatic carbocycles. The highest BCUT2D eigenvalue weighted by atomic mass is 19.1. The molecule has 5 nitrogen and oxygen atoms in total. The van der Waals surface area contributed by atoms with Crippen LogP contribution in [0.4, 0.5) is 4.39 Å². The smallest absolute Gasteiger partial charge is 0.194 e. The second kappa shape index (κ2) is 7.49. The Labute approximate surface area is 142 Å². The maximum atomic E-state index is 13.3. The molecule has 132 valence electrons. The van der Waals surface area contributed by atoms with Gasteiger partial charge in [0.15, 0.2) is 5.96 Å². The number of nitrogens with zero attached hydrogens (tertiary/aromatic N) is 2. The Hall–Kier alpha value is -1.66. The molecule has 6 heteroatoms. The molecule has 0 radical (unpaired) electrons. The lowest BCUT2D eigenvalue weighted by Crippen LogP contribution is -2.41. The van der Waals surface area contributed by atoms with Gasteiger partial charge in [-0.2, -0.15) is 0 Å². The van der Waals surface area contributed by atoms with E-state index < -0.39 is 6.10 Å². The van der Waals surface area contributed by atoms with Gasteiger partial charge < -0.3 is 20.1 Å². The fourth-order valence-electron chi connectivity index (χ4n) is 3.51. The summed E-state index contributed by atoms with van der Waals surface area (Å²) in [5, 5.41) is 13.6. The van der Waals surface area contributed by atoms with E-state index >= 15 is 0 Å². The average Bonchev–Trinajstić information content (AvgIpc) is 3.21.